The molecule has 0 atom stereocenters. The number of aldehydes is 1. The van der Waals surface area contributed by atoms with E-state index in [0.717, 1.165) is 28.0 Å². The molecule has 0 amide bonds. The zero-order valence-corrected chi connectivity index (χ0v) is 9.70. The molecule has 0 spiro atoms. The predicted octanol–water partition coefficient (Wildman–Crippen LogP) is 3.43. The lowest BCUT2D eigenvalue weighted by atomic mass is 10.0. The van der Waals surface area contributed by atoms with Crippen LogP contribution in [0.2, 0.25) is 0 Å². The van der Waals surface area contributed by atoms with Crippen molar-refractivity contribution >= 4 is 29.8 Å². The highest BCUT2D eigenvalue weighted by Crippen LogP contribution is 2.16. The number of aromatic nitrogens is 1. The fraction of sp³-hybridized carbons (Fsp3) is 0.0769. The monoisotopic (exact) mass is 229 g/mol. The Morgan fingerprint density at radius 1 is 1.25 bits per heavy atom. The van der Waals surface area contributed by atoms with Crippen LogP contribution in [0.5, 0.6) is 0 Å². The second-order valence-electron chi connectivity index (χ2n) is 3.38. The highest BCUT2D eigenvalue weighted by molar-refractivity contribution is 7.10. The van der Waals surface area contributed by atoms with Gasteiger partial charge in [-0.2, -0.15) is 0 Å². The molecule has 1 heterocycles. The molecule has 0 unspecified atom stereocenters. The number of benzene rings is 1. The maximum absolute atomic E-state index is 10.8. The molecule has 1 aromatic carbocycles. The highest BCUT2D eigenvalue weighted by Gasteiger charge is 1.99. The molecule has 0 radical (unpaired) electrons. The van der Waals surface area contributed by atoms with Gasteiger partial charge in [0.05, 0.1) is 0 Å². The third kappa shape index (κ3) is 2.25. The maximum atomic E-state index is 10.8. The van der Waals surface area contributed by atoms with Gasteiger partial charge in [0.2, 0.25) is 0 Å². The van der Waals surface area contributed by atoms with Crippen LogP contribution in [0.4, 0.5) is 0 Å². The minimum Gasteiger partial charge on any atom is -0.298 e. The van der Waals surface area contributed by atoms with E-state index in [1.54, 1.807) is 17.5 Å². The molecule has 0 N–H and O–H groups in total. The number of nitrogens with zero attached hydrogens (tertiary/aromatic N) is 1. The minimum absolute atomic E-state index is 0.737. The molecule has 0 saturated carbocycles. The van der Waals surface area contributed by atoms with Gasteiger partial charge in [-0.3, -0.25) is 4.79 Å². The summed E-state index contributed by atoms with van der Waals surface area (Å²) < 4.78 is 0. The Balaban J connectivity index is 2.31. The van der Waals surface area contributed by atoms with Crippen molar-refractivity contribution in [3.63, 3.8) is 0 Å². The summed E-state index contributed by atoms with van der Waals surface area (Å²) in [5.41, 5.74) is 2.80. The lowest BCUT2D eigenvalue weighted by molar-refractivity contribution is 0.112. The van der Waals surface area contributed by atoms with Crippen LogP contribution in [0.1, 0.15) is 26.5 Å². The van der Waals surface area contributed by atoms with Crippen molar-refractivity contribution in [2.75, 3.05) is 0 Å². The maximum Gasteiger partial charge on any atom is 0.150 e. The summed E-state index contributed by atoms with van der Waals surface area (Å²) in [5.74, 6) is 0. The van der Waals surface area contributed by atoms with Crippen LogP contribution in [0.15, 0.2) is 29.8 Å². The normalized spacial score (nSPS) is 10.8. The van der Waals surface area contributed by atoms with Crippen molar-refractivity contribution in [2.24, 2.45) is 0 Å². The van der Waals surface area contributed by atoms with Crippen molar-refractivity contribution in [1.82, 2.24) is 4.98 Å². The van der Waals surface area contributed by atoms with E-state index in [0.29, 0.717) is 0 Å². The fourth-order valence-corrected chi connectivity index (χ4v) is 1.99. The van der Waals surface area contributed by atoms with Crippen LogP contribution in [0.3, 0.4) is 0 Å². The largest absolute Gasteiger partial charge is 0.298 e. The fourth-order valence-electron chi connectivity index (χ4n) is 1.46. The topological polar surface area (TPSA) is 30.0 Å². The van der Waals surface area contributed by atoms with E-state index in [1.165, 1.54) is 0 Å². The molecule has 0 bridgehead atoms. The molecule has 3 heteroatoms. The van der Waals surface area contributed by atoms with Gasteiger partial charge >= 0.3 is 0 Å². The Kier molecular flexibility index (Phi) is 3.27. The molecule has 0 aliphatic heterocycles. The third-order valence-corrected chi connectivity index (χ3v) is 3.14. The second-order valence-corrected chi connectivity index (χ2v) is 4.31. The summed E-state index contributed by atoms with van der Waals surface area (Å²) in [7, 11) is 0. The number of rotatable bonds is 3. The average Bonchev–Trinajstić information content (AvgIpc) is 2.81. The molecule has 1 aromatic heterocycles. The van der Waals surface area contributed by atoms with E-state index < -0.39 is 0 Å². The van der Waals surface area contributed by atoms with Crippen LogP contribution in [0, 0.1) is 6.92 Å². The number of carbonyl (C=O) groups is 1. The lowest BCUT2D eigenvalue weighted by Crippen LogP contribution is -1.88. The van der Waals surface area contributed by atoms with Crippen LogP contribution in [-0.2, 0) is 0 Å². The standard InChI is InChI=1S/C13H11NOS/c1-10-11(3-2-4-12(10)9-15)5-6-13-14-7-8-16-13/h2-9H,1H3/b6-5+. The SMILES string of the molecule is Cc1c(C=O)cccc1/C=C/c1nccs1. The molecule has 2 rings (SSSR count). The molecule has 80 valence electrons. The number of hydrogen-bond donors (Lipinski definition) is 0. The quantitative estimate of drug-likeness (QED) is 0.755. The first-order chi connectivity index (χ1) is 7.81. The van der Waals surface area contributed by atoms with Gasteiger partial charge in [-0.15, -0.1) is 11.3 Å². The molecular formula is C13H11NOS. The lowest BCUT2D eigenvalue weighted by Gasteiger charge is -2.02. The van der Waals surface area contributed by atoms with Gasteiger partial charge < -0.3 is 0 Å². The van der Waals surface area contributed by atoms with Gasteiger partial charge in [0.1, 0.15) is 11.3 Å². The van der Waals surface area contributed by atoms with Crippen molar-refractivity contribution in [2.45, 2.75) is 6.92 Å². The first-order valence-corrected chi connectivity index (χ1v) is 5.81. The van der Waals surface area contributed by atoms with Gasteiger partial charge in [0.15, 0.2) is 0 Å². The molecule has 0 saturated heterocycles. The highest BCUT2D eigenvalue weighted by atomic mass is 32.1. The average molecular weight is 229 g/mol. The zero-order valence-electron chi connectivity index (χ0n) is 8.88. The van der Waals surface area contributed by atoms with Gasteiger partial charge in [-0.1, -0.05) is 24.3 Å². The summed E-state index contributed by atoms with van der Waals surface area (Å²) in [5, 5.41) is 2.91. The van der Waals surface area contributed by atoms with Crippen LogP contribution >= 0.6 is 11.3 Å². The molecule has 0 fully saturated rings. The number of hydrogen-bond acceptors (Lipinski definition) is 3. The third-order valence-electron chi connectivity index (χ3n) is 2.40. The summed E-state index contributed by atoms with van der Waals surface area (Å²) >= 11 is 1.59. The molecular weight excluding hydrogens is 218 g/mol. The van der Waals surface area contributed by atoms with Gasteiger partial charge in [0.25, 0.3) is 0 Å². The summed E-state index contributed by atoms with van der Waals surface area (Å²) in [6.45, 7) is 1.95. The van der Waals surface area contributed by atoms with E-state index in [4.69, 9.17) is 0 Å². The Morgan fingerprint density at radius 3 is 2.75 bits per heavy atom. The van der Waals surface area contributed by atoms with E-state index in [-0.39, 0.29) is 0 Å². The van der Waals surface area contributed by atoms with Crippen molar-refractivity contribution in [3.05, 3.63) is 51.5 Å². The molecule has 2 nitrogen and oxygen atoms in total. The molecule has 0 aliphatic carbocycles. The van der Waals surface area contributed by atoms with E-state index in [1.807, 2.05) is 42.7 Å². The minimum atomic E-state index is 0.737. The van der Waals surface area contributed by atoms with Crippen molar-refractivity contribution in [3.8, 4) is 0 Å². The molecule has 2 aromatic rings. The first kappa shape index (κ1) is 10.8. The molecule has 0 aliphatic rings. The van der Waals surface area contributed by atoms with Crippen molar-refractivity contribution in [1.29, 1.82) is 0 Å². The Bertz CT molecular complexity index is 515. The van der Waals surface area contributed by atoms with Crippen molar-refractivity contribution < 1.29 is 4.79 Å². The number of thiazole rings is 1. The van der Waals surface area contributed by atoms with Gasteiger partial charge in [0, 0.05) is 17.1 Å². The predicted molar refractivity (Wildman–Crippen MR) is 67.6 cm³/mol. The van der Waals surface area contributed by atoms with E-state index in [9.17, 15) is 4.79 Å². The second kappa shape index (κ2) is 4.86. The Labute approximate surface area is 98.3 Å². The van der Waals surface area contributed by atoms with E-state index in [2.05, 4.69) is 4.98 Å². The van der Waals surface area contributed by atoms with Crippen LogP contribution in [-0.4, -0.2) is 11.3 Å². The summed E-state index contributed by atoms with van der Waals surface area (Å²) in [6.07, 6.45) is 6.61. The zero-order chi connectivity index (χ0) is 11.4. The van der Waals surface area contributed by atoms with Crippen LogP contribution < -0.4 is 0 Å². The summed E-state index contributed by atoms with van der Waals surface area (Å²) in [6, 6.07) is 5.70. The first-order valence-electron chi connectivity index (χ1n) is 4.93. The molecule has 16 heavy (non-hydrogen) atoms. The number of carbonyl (C=O) groups excluding carboxylic acids is 1. The van der Waals surface area contributed by atoms with E-state index >= 15 is 0 Å². The van der Waals surface area contributed by atoms with Crippen LogP contribution in [0.25, 0.3) is 12.2 Å². The summed E-state index contributed by atoms with van der Waals surface area (Å²) in [4.78, 5) is 14.9. The van der Waals surface area contributed by atoms with Gasteiger partial charge in [-0.25, -0.2) is 4.98 Å². The smallest absolute Gasteiger partial charge is 0.150 e. The Morgan fingerprint density at radius 2 is 2.06 bits per heavy atom. The van der Waals surface area contributed by atoms with Gasteiger partial charge in [-0.05, 0) is 24.1 Å². The Hall–Kier alpha value is -1.74.